The second-order valence-electron chi connectivity index (χ2n) is 8.20. The summed E-state index contributed by atoms with van der Waals surface area (Å²) >= 11 is 3.94. The molecule has 3 unspecified atom stereocenters. The van der Waals surface area contributed by atoms with Crippen LogP contribution in [0.1, 0.15) is 54.4 Å². The largest absolute Gasteiger partial charge is 0.461 e. The van der Waals surface area contributed by atoms with Gasteiger partial charge in [0.15, 0.2) is 6.10 Å². The number of esters is 2. The number of halogens is 2. The molecule has 1 radical (unpaired) electrons. The zero-order chi connectivity index (χ0) is 21.0. The zero-order valence-corrected chi connectivity index (χ0v) is 21.1. The van der Waals surface area contributed by atoms with E-state index >= 15 is 0 Å². The van der Waals surface area contributed by atoms with Gasteiger partial charge in [-0.3, -0.25) is 9.59 Å². The molecular weight excluding hydrogens is 580 g/mol. The molecule has 0 aromatic rings. The van der Waals surface area contributed by atoms with E-state index in [2.05, 4.69) is 0 Å². The van der Waals surface area contributed by atoms with Gasteiger partial charge in [0.25, 0.3) is 0 Å². The van der Waals surface area contributed by atoms with E-state index in [9.17, 15) is 14.8 Å². The molecular formula is C18H30I2NO6. The van der Waals surface area contributed by atoms with Crippen LogP contribution >= 0.6 is 45.2 Å². The first-order chi connectivity index (χ1) is 12.3. The lowest BCUT2D eigenvalue weighted by Crippen LogP contribution is -2.60. The lowest BCUT2D eigenvalue weighted by Gasteiger charge is -2.49. The highest BCUT2D eigenvalue weighted by Gasteiger charge is 2.46. The Morgan fingerprint density at radius 2 is 1.48 bits per heavy atom. The van der Waals surface area contributed by atoms with Crippen LogP contribution in [-0.4, -0.2) is 61.4 Å². The standard InChI is InChI=1S/C18H30I2NO6/c1-11(19)15(22)26-10-14(27-16(23)12(2)20)9-25-13-7-17(3,4)21(24)18(5,6)8-13/h11-14H,7-10H2,1-6H3. The van der Waals surface area contributed by atoms with Crippen molar-refractivity contribution < 1.29 is 29.0 Å². The number of hydrogen-bond acceptors (Lipinski definition) is 6. The molecule has 3 atom stereocenters. The zero-order valence-electron chi connectivity index (χ0n) is 16.8. The smallest absolute Gasteiger partial charge is 0.319 e. The summed E-state index contributed by atoms with van der Waals surface area (Å²) in [5.41, 5.74) is -1.09. The highest BCUT2D eigenvalue weighted by molar-refractivity contribution is 14.1. The number of alkyl halides is 2. The van der Waals surface area contributed by atoms with Crippen LogP contribution in [-0.2, 0) is 29.0 Å². The normalized spacial score (nSPS) is 23.3. The molecule has 0 N–H and O–H groups in total. The van der Waals surface area contributed by atoms with Crippen molar-refractivity contribution in [1.82, 2.24) is 5.06 Å². The van der Waals surface area contributed by atoms with Gasteiger partial charge in [-0.25, -0.2) is 0 Å². The minimum atomic E-state index is -0.676. The quantitative estimate of drug-likeness (QED) is 0.238. The van der Waals surface area contributed by atoms with Crippen molar-refractivity contribution >= 4 is 57.1 Å². The van der Waals surface area contributed by atoms with Gasteiger partial charge in [0.05, 0.1) is 12.7 Å². The number of rotatable bonds is 8. The van der Waals surface area contributed by atoms with E-state index in [1.54, 1.807) is 13.8 Å². The van der Waals surface area contributed by atoms with Crippen molar-refractivity contribution in [2.75, 3.05) is 13.2 Å². The lowest BCUT2D eigenvalue weighted by atomic mass is 9.80. The summed E-state index contributed by atoms with van der Waals surface area (Å²) < 4.78 is 16.1. The van der Waals surface area contributed by atoms with Gasteiger partial charge < -0.3 is 14.2 Å². The molecule has 9 heteroatoms. The first kappa shape index (κ1) is 25.3. The van der Waals surface area contributed by atoms with E-state index in [4.69, 9.17) is 14.2 Å². The third-order valence-corrected chi connectivity index (χ3v) is 5.43. The molecule has 0 bridgehead atoms. The average molecular weight is 610 g/mol. The Morgan fingerprint density at radius 1 is 1.00 bits per heavy atom. The molecule has 0 aromatic carbocycles. The molecule has 1 aliphatic rings. The molecule has 7 nitrogen and oxygen atoms in total. The maximum atomic E-state index is 12.4. The van der Waals surface area contributed by atoms with Crippen LogP contribution in [0.2, 0.25) is 0 Å². The van der Waals surface area contributed by atoms with Crippen LogP contribution in [0.5, 0.6) is 0 Å². The third-order valence-electron chi connectivity index (χ3n) is 4.42. The Labute approximate surface area is 189 Å². The highest BCUT2D eigenvalue weighted by atomic mass is 127. The fourth-order valence-corrected chi connectivity index (χ4v) is 3.52. The molecule has 1 rings (SSSR count). The van der Waals surface area contributed by atoms with Crippen LogP contribution in [0.3, 0.4) is 0 Å². The summed E-state index contributed by atoms with van der Waals surface area (Å²) in [5, 5.41) is 13.6. The van der Waals surface area contributed by atoms with E-state index in [-0.39, 0.29) is 39.1 Å². The van der Waals surface area contributed by atoms with Crippen molar-refractivity contribution in [2.24, 2.45) is 0 Å². The number of carbonyl (C=O) groups excluding carboxylic acids is 2. The van der Waals surface area contributed by atoms with Crippen molar-refractivity contribution in [2.45, 2.75) is 85.5 Å². The van der Waals surface area contributed by atoms with E-state index in [0.29, 0.717) is 12.8 Å². The number of hydrogen-bond donors (Lipinski definition) is 0. The van der Waals surface area contributed by atoms with Crippen molar-refractivity contribution in [3.63, 3.8) is 0 Å². The molecule has 0 aliphatic carbocycles. The van der Waals surface area contributed by atoms with E-state index in [0.717, 1.165) is 5.06 Å². The van der Waals surface area contributed by atoms with E-state index < -0.39 is 17.2 Å². The van der Waals surface area contributed by atoms with Gasteiger partial charge in [-0.2, -0.15) is 0 Å². The summed E-state index contributed by atoms with van der Waals surface area (Å²) in [6.07, 6.45) is 0.338. The Bertz CT molecular complexity index is 506. The van der Waals surface area contributed by atoms with Gasteiger partial charge in [0.1, 0.15) is 14.5 Å². The Morgan fingerprint density at radius 3 is 1.93 bits per heavy atom. The van der Waals surface area contributed by atoms with Crippen LogP contribution in [0.25, 0.3) is 0 Å². The van der Waals surface area contributed by atoms with Gasteiger partial charge in [-0.15, -0.1) is 10.3 Å². The topological polar surface area (TPSA) is 85.0 Å². The first-order valence-corrected chi connectivity index (χ1v) is 11.5. The molecule has 1 fully saturated rings. The van der Waals surface area contributed by atoms with Gasteiger partial charge in [0.2, 0.25) is 0 Å². The first-order valence-electron chi connectivity index (χ1n) is 9.00. The van der Waals surface area contributed by atoms with Crippen LogP contribution < -0.4 is 0 Å². The highest BCUT2D eigenvalue weighted by Crippen LogP contribution is 2.38. The molecule has 0 aromatic heterocycles. The number of hydroxylamine groups is 2. The predicted molar refractivity (Wildman–Crippen MR) is 117 cm³/mol. The van der Waals surface area contributed by atoms with Gasteiger partial charge in [0, 0.05) is 11.1 Å². The maximum Gasteiger partial charge on any atom is 0.319 e. The molecule has 0 saturated carbocycles. The molecule has 157 valence electrons. The Balaban J connectivity index is 2.71. The predicted octanol–water partition coefficient (Wildman–Crippen LogP) is 3.47. The van der Waals surface area contributed by atoms with Crippen molar-refractivity contribution in [3.8, 4) is 0 Å². The van der Waals surface area contributed by atoms with Gasteiger partial charge in [-0.1, -0.05) is 45.2 Å². The number of carbonyl (C=O) groups is 2. The van der Waals surface area contributed by atoms with E-state index in [1.807, 2.05) is 72.9 Å². The Kier molecular flexibility index (Phi) is 9.71. The lowest BCUT2D eigenvalue weighted by molar-refractivity contribution is -0.302. The van der Waals surface area contributed by atoms with Crippen LogP contribution in [0.4, 0.5) is 0 Å². The Hall–Kier alpha value is 0.280. The number of nitrogens with zero attached hydrogens (tertiary/aromatic N) is 1. The fraction of sp³-hybridized carbons (Fsp3) is 0.889. The molecule has 27 heavy (non-hydrogen) atoms. The third kappa shape index (κ3) is 7.90. The van der Waals surface area contributed by atoms with Crippen LogP contribution in [0.15, 0.2) is 0 Å². The monoisotopic (exact) mass is 610 g/mol. The maximum absolute atomic E-state index is 12.4. The summed E-state index contributed by atoms with van der Waals surface area (Å²) in [5.74, 6) is -0.737. The summed E-state index contributed by atoms with van der Waals surface area (Å²) in [7, 11) is 0. The second-order valence-corrected chi connectivity index (χ2v) is 11.9. The summed E-state index contributed by atoms with van der Waals surface area (Å²) in [6, 6.07) is 0. The number of ether oxygens (including phenoxy) is 3. The van der Waals surface area contributed by atoms with Gasteiger partial charge in [-0.05, 0) is 54.4 Å². The molecule has 0 amide bonds. The minimum Gasteiger partial charge on any atom is -0.461 e. The molecule has 1 saturated heterocycles. The SMILES string of the molecule is CC(I)C(=O)OCC(COC1CC(C)(C)N([O])C(C)(C)C1)OC(=O)C(C)I. The number of piperidine rings is 1. The summed E-state index contributed by atoms with van der Waals surface area (Å²) in [6.45, 7) is 11.1. The molecule has 1 aliphatic heterocycles. The van der Waals surface area contributed by atoms with Crippen molar-refractivity contribution in [3.05, 3.63) is 0 Å². The second kappa shape index (κ2) is 10.4. The van der Waals surface area contributed by atoms with Crippen molar-refractivity contribution in [1.29, 1.82) is 0 Å². The summed E-state index contributed by atoms with van der Waals surface area (Å²) in [4.78, 5) is 23.7. The van der Waals surface area contributed by atoms with Gasteiger partial charge >= 0.3 is 11.9 Å². The van der Waals surface area contributed by atoms with Crippen LogP contribution in [0, 0.1) is 0 Å². The minimum absolute atomic E-state index is 0.0472. The molecule has 0 spiro atoms. The molecule has 1 heterocycles. The van der Waals surface area contributed by atoms with E-state index in [1.165, 1.54) is 0 Å². The fourth-order valence-electron chi connectivity index (χ4n) is 3.20. The average Bonchev–Trinajstić information content (AvgIpc) is 2.53.